The Labute approximate surface area is 122 Å². The Kier molecular flexibility index (Phi) is 4.70. The van der Waals surface area contributed by atoms with Gasteiger partial charge in [0.25, 0.3) is 0 Å². The molecular weight excluding hydrogens is 272 g/mol. The number of likely N-dealkylation sites (tertiary alicyclic amines) is 1. The topological polar surface area (TPSA) is 49.4 Å². The first kappa shape index (κ1) is 15.3. The molecule has 4 nitrogen and oxygen atoms in total. The standard InChI is InChI=1S/C15H24N2O2S/c1-4-20(18,19)15-7-5-13(6-8-15)16-14-9-10-17(11-14)12(2)3/h5-8,12,14,16H,4,9-11H2,1-3H3. The minimum atomic E-state index is -3.10. The molecule has 1 unspecified atom stereocenters. The summed E-state index contributed by atoms with van der Waals surface area (Å²) < 4.78 is 23.5. The van der Waals surface area contributed by atoms with Crippen molar-refractivity contribution in [2.24, 2.45) is 0 Å². The van der Waals surface area contributed by atoms with Crippen molar-refractivity contribution >= 4 is 15.5 Å². The summed E-state index contributed by atoms with van der Waals surface area (Å²) in [7, 11) is -3.10. The second kappa shape index (κ2) is 6.14. The molecule has 1 aromatic carbocycles. The lowest BCUT2D eigenvalue weighted by Crippen LogP contribution is -2.31. The normalized spacial score (nSPS) is 20.5. The second-order valence-corrected chi connectivity index (χ2v) is 7.92. The van der Waals surface area contributed by atoms with Crippen LogP contribution in [0.3, 0.4) is 0 Å². The fourth-order valence-electron chi connectivity index (χ4n) is 2.54. The summed E-state index contributed by atoms with van der Waals surface area (Å²) in [6, 6.07) is 8.14. The average molecular weight is 296 g/mol. The summed E-state index contributed by atoms with van der Waals surface area (Å²) in [5.74, 6) is 0.145. The molecule has 0 aliphatic carbocycles. The van der Waals surface area contributed by atoms with Crippen LogP contribution in [0.25, 0.3) is 0 Å². The summed E-state index contributed by atoms with van der Waals surface area (Å²) in [5.41, 5.74) is 0.996. The fourth-order valence-corrected chi connectivity index (χ4v) is 3.42. The van der Waals surface area contributed by atoms with E-state index in [1.807, 2.05) is 12.1 Å². The van der Waals surface area contributed by atoms with Gasteiger partial charge in [-0.2, -0.15) is 0 Å². The van der Waals surface area contributed by atoms with Crippen LogP contribution in [0.1, 0.15) is 27.2 Å². The van der Waals surface area contributed by atoms with Gasteiger partial charge in [0, 0.05) is 30.9 Å². The quantitative estimate of drug-likeness (QED) is 0.906. The highest BCUT2D eigenvalue weighted by atomic mass is 32.2. The molecular formula is C15H24N2O2S. The Morgan fingerprint density at radius 1 is 1.30 bits per heavy atom. The highest BCUT2D eigenvalue weighted by Gasteiger charge is 2.23. The maximum absolute atomic E-state index is 11.7. The number of benzene rings is 1. The van der Waals surface area contributed by atoms with Gasteiger partial charge >= 0.3 is 0 Å². The third-order valence-electron chi connectivity index (χ3n) is 3.91. The molecule has 1 saturated heterocycles. The zero-order chi connectivity index (χ0) is 14.8. The predicted molar refractivity (Wildman–Crippen MR) is 82.9 cm³/mol. The van der Waals surface area contributed by atoms with Crippen molar-refractivity contribution in [3.8, 4) is 0 Å². The Bertz CT molecular complexity index is 537. The Hall–Kier alpha value is -1.07. The van der Waals surface area contributed by atoms with Gasteiger partial charge < -0.3 is 5.32 Å². The summed E-state index contributed by atoms with van der Waals surface area (Å²) >= 11 is 0. The molecule has 0 bridgehead atoms. The molecule has 112 valence electrons. The van der Waals surface area contributed by atoms with Crippen molar-refractivity contribution in [2.75, 3.05) is 24.2 Å². The van der Waals surface area contributed by atoms with Crippen molar-refractivity contribution in [2.45, 2.75) is 44.2 Å². The van der Waals surface area contributed by atoms with Crippen LogP contribution >= 0.6 is 0 Å². The Morgan fingerprint density at radius 2 is 1.95 bits per heavy atom. The predicted octanol–water partition coefficient (Wildman–Crippen LogP) is 2.37. The molecule has 1 aromatic rings. The van der Waals surface area contributed by atoms with Crippen LogP contribution in [0, 0.1) is 0 Å². The van der Waals surface area contributed by atoms with E-state index < -0.39 is 9.84 Å². The van der Waals surface area contributed by atoms with E-state index in [2.05, 4.69) is 24.1 Å². The van der Waals surface area contributed by atoms with E-state index in [0.717, 1.165) is 25.2 Å². The van der Waals surface area contributed by atoms with E-state index in [0.29, 0.717) is 17.0 Å². The van der Waals surface area contributed by atoms with E-state index in [4.69, 9.17) is 0 Å². The molecule has 1 atom stereocenters. The highest BCUT2D eigenvalue weighted by Crippen LogP contribution is 2.20. The van der Waals surface area contributed by atoms with Crippen LogP contribution in [0.15, 0.2) is 29.2 Å². The van der Waals surface area contributed by atoms with Crippen molar-refractivity contribution in [3.63, 3.8) is 0 Å². The third-order valence-corrected chi connectivity index (χ3v) is 5.66. The van der Waals surface area contributed by atoms with Gasteiger partial charge in [-0.25, -0.2) is 8.42 Å². The monoisotopic (exact) mass is 296 g/mol. The Balaban J connectivity index is 1.99. The number of sulfone groups is 1. The van der Waals surface area contributed by atoms with Crippen LogP contribution in [-0.2, 0) is 9.84 Å². The maximum atomic E-state index is 11.7. The molecule has 1 N–H and O–H groups in total. The summed E-state index contributed by atoms with van der Waals surface area (Å²) in [4.78, 5) is 2.86. The first-order chi connectivity index (χ1) is 9.42. The minimum Gasteiger partial charge on any atom is -0.381 e. The molecule has 1 aliphatic heterocycles. The first-order valence-corrected chi connectivity index (χ1v) is 8.91. The minimum absolute atomic E-state index is 0.145. The molecule has 0 spiro atoms. The average Bonchev–Trinajstić information content (AvgIpc) is 2.88. The van der Waals surface area contributed by atoms with Gasteiger partial charge in [0.1, 0.15) is 0 Å². The lowest BCUT2D eigenvalue weighted by atomic mass is 10.2. The van der Waals surface area contributed by atoms with Crippen LogP contribution < -0.4 is 5.32 Å². The molecule has 1 heterocycles. The molecule has 0 saturated carbocycles. The SMILES string of the molecule is CCS(=O)(=O)c1ccc(NC2CCN(C(C)C)C2)cc1. The zero-order valence-electron chi connectivity index (χ0n) is 12.5. The molecule has 5 heteroatoms. The smallest absolute Gasteiger partial charge is 0.178 e. The van der Waals surface area contributed by atoms with Gasteiger partial charge in [-0.3, -0.25) is 4.90 Å². The number of hydrogen-bond donors (Lipinski definition) is 1. The maximum Gasteiger partial charge on any atom is 0.178 e. The van der Waals surface area contributed by atoms with Gasteiger partial charge in [0.2, 0.25) is 0 Å². The third kappa shape index (κ3) is 3.52. The molecule has 0 amide bonds. The molecule has 1 fully saturated rings. The molecule has 20 heavy (non-hydrogen) atoms. The first-order valence-electron chi connectivity index (χ1n) is 7.26. The van der Waals surface area contributed by atoms with Crippen LogP contribution in [0.5, 0.6) is 0 Å². The van der Waals surface area contributed by atoms with Crippen molar-refractivity contribution in [1.82, 2.24) is 4.90 Å². The van der Waals surface area contributed by atoms with E-state index >= 15 is 0 Å². The van der Waals surface area contributed by atoms with Gasteiger partial charge in [-0.05, 0) is 44.5 Å². The van der Waals surface area contributed by atoms with E-state index in [1.54, 1.807) is 19.1 Å². The van der Waals surface area contributed by atoms with Crippen LogP contribution in [-0.4, -0.2) is 44.2 Å². The van der Waals surface area contributed by atoms with Crippen LogP contribution in [0.4, 0.5) is 5.69 Å². The lowest BCUT2D eigenvalue weighted by Gasteiger charge is -2.20. The second-order valence-electron chi connectivity index (χ2n) is 5.65. The van der Waals surface area contributed by atoms with E-state index in [1.165, 1.54) is 0 Å². The van der Waals surface area contributed by atoms with Crippen LogP contribution in [0.2, 0.25) is 0 Å². The molecule has 0 radical (unpaired) electrons. The van der Waals surface area contributed by atoms with Crippen molar-refractivity contribution < 1.29 is 8.42 Å². The molecule has 2 rings (SSSR count). The fraction of sp³-hybridized carbons (Fsp3) is 0.600. The Morgan fingerprint density at radius 3 is 2.45 bits per heavy atom. The number of nitrogens with one attached hydrogen (secondary N) is 1. The summed E-state index contributed by atoms with van der Waals surface area (Å²) in [6.07, 6.45) is 1.13. The number of hydrogen-bond acceptors (Lipinski definition) is 4. The van der Waals surface area contributed by atoms with Gasteiger partial charge in [0.05, 0.1) is 10.6 Å². The van der Waals surface area contributed by atoms with Gasteiger partial charge in [-0.1, -0.05) is 6.92 Å². The van der Waals surface area contributed by atoms with Gasteiger partial charge in [0.15, 0.2) is 9.84 Å². The number of rotatable bonds is 5. The number of anilines is 1. The number of nitrogens with zero attached hydrogens (tertiary/aromatic N) is 1. The lowest BCUT2D eigenvalue weighted by molar-refractivity contribution is 0.274. The zero-order valence-corrected chi connectivity index (χ0v) is 13.3. The highest BCUT2D eigenvalue weighted by molar-refractivity contribution is 7.91. The van der Waals surface area contributed by atoms with E-state index in [-0.39, 0.29) is 5.75 Å². The van der Waals surface area contributed by atoms with Gasteiger partial charge in [-0.15, -0.1) is 0 Å². The molecule has 0 aromatic heterocycles. The summed E-state index contributed by atoms with van der Waals surface area (Å²) in [5, 5.41) is 3.49. The van der Waals surface area contributed by atoms with Crippen molar-refractivity contribution in [1.29, 1.82) is 0 Å². The summed E-state index contributed by atoms with van der Waals surface area (Å²) in [6.45, 7) is 8.27. The van der Waals surface area contributed by atoms with E-state index in [9.17, 15) is 8.42 Å². The molecule has 1 aliphatic rings. The van der Waals surface area contributed by atoms with Crippen molar-refractivity contribution in [3.05, 3.63) is 24.3 Å². The largest absolute Gasteiger partial charge is 0.381 e.